The van der Waals surface area contributed by atoms with E-state index >= 15 is 0 Å². The zero-order valence-corrected chi connectivity index (χ0v) is 20.0. The molecule has 0 saturated carbocycles. The number of carbonyl (C=O) groups excluding carboxylic acids is 1. The number of nitrogens with zero attached hydrogens (tertiary/aromatic N) is 1. The van der Waals surface area contributed by atoms with Gasteiger partial charge < -0.3 is 25.0 Å². The van der Waals surface area contributed by atoms with Crippen LogP contribution in [0.25, 0.3) is 20.5 Å². The second kappa shape index (κ2) is 10.1. The van der Waals surface area contributed by atoms with Crippen molar-refractivity contribution in [2.75, 3.05) is 26.2 Å². The summed E-state index contributed by atoms with van der Waals surface area (Å²) in [5.74, 6) is 0.948. The average molecular weight is 490 g/mol. The first kappa shape index (κ1) is 23.4. The van der Waals surface area contributed by atoms with Gasteiger partial charge in [-0.2, -0.15) is 0 Å². The van der Waals surface area contributed by atoms with Crippen molar-refractivity contribution < 1.29 is 24.9 Å². The van der Waals surface area contributed by atoms with Crippen LogP contribution >= 0.6 is 11.3 Å². The summed E-state index contributed by atoms with van der Waals surface area (Å²) in [6.07, 6.45) is 1.94. The SMILES string of the molecule is O=C(c1ccc(OC2CCN(CCO)CC2)cc1)c1c(-c2ccc(O)cc2)sc2cc(O)ccc12. The van der Waals surface area contributed by atoms with E-state index in [2.05, 4.69) is 4.90 Å². The van der Waals surface area contributed by atoms with E-state index in [1.54, 1.807) is 54.6 Å². The third-order valence-corrected chi connectivity index (χ3v) is 7.60. The van der Waals surface area contributed by atoms with E-state index in [1.807, 2.05) is 12.1 Å². The van der Waals surface area contributed by atoms with E-state index in [4.69, 9.17) is 9.84 Å². The van der Waals surface area contributed by atoms with Gasteiger partial charge in [0.2, 0.25) is 0 Å². The molecule has 7 heteroatoms. The van der Waals surface area contributed by atoms with Gasteiger partial charge in [-0.1, -0.05) is 0 Å². The molecule has 0 spiro atoms. The molecule has 35 heavy (non-hydrogen) atoms. The largest absolute Gasteiger partial charge is 0.508 e. The Morgan fingerprint density at radius 1 is 0.943 bits per heavy atom. The zero-order valence-electron chi connectivity index (χ0n) is 19.2. The molecular weight excluding hydrogens is 462 g/mol. The number of piperidine rings is 1. The number of aliphatic hydroxyl groups excluding tert-OH is 1. The molecule has 2 heterocycles. The summed E-state index contributed by atoms with van der Waals surface area (Å²) in [4.78, 5) is 16.7. The van der Waals surface area contributed by atoms with E-state index in [0.29, 0.717) is 17.7 Å². The molecule has 4 aromatic rings. The maximum absolute atomic E-state index is 13.7. The summed E-state index contributed by atoms with van der Waals surface area (Å²) in [6.45, 7) is 2.69. The van der Waals surface area contributed by atoms with Crippen LogP contribution in [0.3, 0.4) is 0 Å². The Kier molecular flexibility index (Phi) is 6.72. The van der Waals surface area contributed by atoms with Gasteiger partial charge in [-0.3, -0.25) is 4.79 Å². The lowest BCUT2D eigenvalue weighted by atomic mass is 9.97. The van der Waals surface area contributed by atoms with Gasteiger partial charge in [-0.05, 0) is 85.1 Å². The van der Waals surface area contributed by atoms with Crippen molar-refractivity contribution in [1.82, 2.24) is 4.90 Å². The molecule has 1 aliphatic heterocycles. The number of likely N-dealkylation sites (tertiary alicyclic amines) is 1. The van der Waals surface area contributed by atoms with Crippen LogP contribution in [-0.4, -0.2) is 58.3 Å². The molecule has 0 atom stereocenters. The molecule has 6 nitrogen and oxygen atoms in total. The van der Waals surface area contributed by atoms with Crippen LogP contribution in [-0.2, 0) is 0 Å². The first-order valence-electron chi connectivity index (χ1n) is 11.7. The molecule has 1 fully saturated rings. The number of aliphatic hydroxyl groups is 1. The van der Waals surface area contributed by atoms with Gasteiger partial charge in [0, 0.05) is 45.7 Å². The predicted molar refractivity (Wildman–Crippen MR) is 138 cm³/mol. The summed E-state index contributed by atoms with van der Waals surface area (Å²) in [5.41, 5.74) is 1.97. The minimum Gasteiger partial charge on any atom is -0.508 e. The molecule has 5 rings (SSSR count). The number of aromatic hydroxyl groups is 2. The lowest BCUT2D eigenvalue weighted by Crippen LogP contribution is -2.39. The average Bonchev–Trinajstić information content (AvgIpc) is 3.24. The first-order chi connectivity index (χ1) is 17.0. The number of phenols is 2. The van der Waals surface area contributed by atoms with Crippen molar-refractivity contribution in [3.8, 4) is 27.7 Å². The van der Waals surface area contributed by atoms with E-state index in [9.17, 15) is 15.0 Å². The molecule has 3 aromatic carbocycles. The highest BCUT2D eigenvalue weighted by Crippen LogP contribution is 2.41. The fourth-order valence-electron chi connectivity index (χ4n) is 4.54. The number of ketones is 1. The predicted octanol–water partition coefficient (Wildman–Crippen LogP) is 5.05. The van der Waals surface area contributed by atoms with Crippen molar-refractivity contribution in [3.63, 3.8) is 0 Å². The van der Waals surface area contributed by atoms with Crippen LogP contribution in [0, 0.1) is 0 Å². The zero-order chi connectivity index (χ0) is 24.4. The molecule has 180 valence electrons. The molecule has 0 bridgehead atoms. The van der Waals surface area contributed by atoms with Crippen LogP contribution in [0.2, 0.25) is 0 Å². The highest BCUT2D eigenvalue weighted by molar-refractivity contribution is 7.22. The van der Waals surface area contributed by atoms with Gasteiger partial charge in [0.25, 0.3) is 0 Å². The summed E-state index contributed by atoms with van der Waals surface area (Å²) < 4.78 is 6.97. The number of thiophene rings is 1. The third-order valence-electron chi connectivity index (χ3n) is 6.40. The molecule has 0 radical (unpaired) electrons. The van der Waals surface area contributed by atoms with E-state index in [1.165, 1.54) is 11.3 Å². The second-order valence-corrected chi connectivity index (χ2v) is 9.82. The Morgan fingerprint density at radius 2 is 1.63 bits per heavy atom. The molecule has 0 aliphatic carbocycles. The van der Waals surface area contributed by atoms with Crippen LogP contribution < -0.4 is 4.74 Å². The molecule has 1 aliphatic rings. The maximum Gasteiger partial charge on any atom is 0.195 e. The summed E-state index contributed by atoms with van der Waals surface area (Å²) >= 11 is 1.44. The van der Waals surface area contributed by atoms with Crippen molar-refractivity contribution in [1.29, 1.82) is 0 Å². The van der Waals surface area contributed by atoms with Crippen LogP contribution in [0.1, 0.15) is 28.8 Å². The number of phenolic OH excluding ortho intramolecular Hbond substituents is 2. The molecule has 1 aromatic heterocycles. The monoisotopic (exact) mass is 489 g/mol. The fraction of sp³-hybridized carbons (Fsp3) is 0.250. The summed E-state index contributed by atoms with van der Waals surface area (Å²) in [5, 5.41) is 29.5. The molecule has 0 unspecified atom stereocenters. The summed E-state index contributed by atoms with van der Waals surface area (Å²) in [7, 11) is 0. The van der Waals surface area contributed by atoms with Crippen LogP contribution in [0.5, 0.6) is 17.2 Å². The second-order valence-electron chi connectivity index (χ2n) is 8.77. The topological polar surface area (TPSA) is 90.2 Å². The van der Waals surface area contributed by atoms with E-state index in [0.717, 1.165) is 52.2 Å². The van der Waals surface area contributed by atoms with Gasteiger partial charge >= 0.3 is 0 Å². The Bertz CT molecular complexity index is 1320. The number of hydrogen-bond donors (Lipinski definition) is 3. The normalized spacial score (nSPS) is 14.9. The van der Waals surface area contributed by atoms with Gasteiger partial charge in [-0.25, -0.2) is 0 Å². The van der Waals surface area contributed by atoms with Gasteiger partial charge in [0.1, 0.15) is 23.4 Å². The fourth-order valence-corrected chi connectivity index (χ4v) is 5.78. The molecule has 3 N–H and O–H groups in total. The standard InChI is InChI=1S/C28H27NO5S/c30-16-15-29-13-11-23(12-14-29)34-22-8-3-18(4-9-22)27(33)26-24-10-7-21(32)17-25(24)35-28(26)19-1-5-20(31)6-2-19/h1-10,17,23,30-32H,11-16H2. The molecular formula is C28H27NO5S. The van der Waals surface area contributed by atoms with Crippen molar-refractivity contribution in [3.05, 3.63) is 77.9 Å². The lowest BCUT2D eigenvalue weighted by molar-refractivity contribution is 0.0888. The number of benzene rings is 3. The number of β-amino-alcohol motifs (C(OH)–C–C–N with tert-alkyl or cyclic N) is 1. The Hall–Kier alpha value is -3.39. The summed E-state index contributed by atoms with van der Waals surface area (Å²) in [6, 6.07) is 19.1. The highest BCUT2D eigenvalue weighted by atomic mass is 32.1. The molecule has 0 amide bonds. The number of hydrogen-bond acceptors (Lipinski definition) is 7. The van der Waals surface area contributed by atoms with E-state index in [-0.39, 0.29) is 30.0 Å². The highest BCUT2D eigenvalue weighted by Gasteiger charge is 2.23. The Morgan fingerprint density at radius 3 is 2.31 bits per heavy atom. The number of ether oxygens (including phenoxy) is 1. The quantitative estimate of drug-likeness (QED) is 0.315. The van der Waals surface area contributed by atoms with Gasteiger partial charge in [0.05, 0.1) is 6.61 Å². The van der Waals surface area contributed by atoms with Crippen LogP contribution in [0.4, 0.5) is 0 Å². The van der Waals surface area contributed by atoms with Crippen molar-refractivity contribution in [2.45, 2.75) is 18.9 Å². The lowest BCUT2D eigenvalue weighted by Gasteiger charge is -2.31. The van der Waals surface area contributed by atoms with Gasteiger partial charge in [0.15, 0.2) is 5.78 Å². The van der Waals surface area contributed by atoms with Crippen molar-refractivity contribution in [2.24, 2.45) is 0 Å². The number of carbonyl (C=O) groups is 1. The number of rotatable bonds is 7. The number of fused-ring (bicyclic) bond motifs is 1. The Balaban J connectivity index is 1.40. The maximum atomic E-state index is 13.7. The smallest absolute Gasteiger partial charge is 0.195 e. The minimum atomic E-state index is -0.103. The van der Waals surface area contributed by atoms with Crippen LogP contribution in [0.15, 0.2) is 66.7 Å². The Labute approximate surface area is 207 Å². The first-order valence-corrected chi connectivity index (χ1v) is 12.5. The van der Waals surface area contributed by atoms with Crippen molar-refractivity contribution >= 4 is 27.2 Å². The van der Waals surface area contributed by atoms with Gasteiger partial charge in [-0.15, -0.1) is 11.3 Å². The third kappa shape index (κ3) is 5.03. The molecule has 1 saturated heterocycles. The minimum absolute atomic E-state index is 0.103. The van der Waals surface area contributed by atoms with E-state index < -0.39 is 0 Å².